The Labute approximate surface area is 162 Å². The molecule has 27 heavy (non-hydrogen) atoms. The van der Waals surface area contributed by atoms with Crippen molar-refractivity contribution in [2.24, 2.45) is 0 Å². The van der Waals surface area contributed by atoms with Crippen LogP contribution < -0.4 is 4.90 Å². The number of benzene rings is 1. The van der Waals surface area contributed by atoms with Crippen LogP contribution in [0.15, 0.2) is 18.2 Å². The summed E-state index contributed by atoms with van der Waals surface area (Å²) in [5, 5.41) is 0. The molecular weight excluding hydrogens is 334 g/mol. The molecule has 0 bridgehead atoms. The first-order valence-electron chi connectivity index (χ1n) is 10.9. The van der Waals surface area contributed by atoms with Crippen molar-refractivity contribution in [3.8, 4) is 0 Å². The Kier molecular flexibility index (Phi) is 4.60. The normalized spacial score (nSPS) is 22.9. The van der Waals surface area contributed by atoms with E-state index in [1.54, 1.807) is 0 Å². The predicted molar refractivity (Wildman–Crippen MR) is 112 cm³/mol. The van der Waals surface area contributed by atoms with Crippen molar-refractivity contribution in [3.05, 3.63) is 24.0 Å². The molecule has 3 heterocycles. The standard InChI is InChI=1S/C22H33N5/c1-17(2)24-10-12-26(13-11-24)19-6-7-20-21(16-19)27-15-14-25(18-4-3-5-18)9-8-22(27)23-20/h6-7,16-18H,3-5,8-15H2,1-2H3. The molecule has 0 atom stereocenters. The van der Waals surface area contributed by atoms with E-state index in [-0.39, 0.29) is 0 Å². The Morgan fingerprint density at radius 2 is 1.78 bits per heavy atom. The molecular formula is C22H33N5. The van der Waals surface area contributed by atoms with Gasteiger partial charge in [-0.3, -0.25) is 9.80 Å². The Hall–Kier alpha value is -1.59. The van der Waals surface area contributed by atoms with Crippen LogP contribution in [0, 0.1) is 0 Å². The maximum absolute atomic E-state index is 4.98. The average Bonchev–Trinajstić information content (AvgIpc) is 2.86. The molecule has 0 unspecified atom stereocenters. The van der Waals surface area contributed by atoms with Gasteiger partial charge in [0.1, 0.15) is 5.82 Å². The summed E-state index contributed by atoms with van der Waals surface area (Å²) in [6.45, 7) is 12.6. The van der Waals surface area contributed by atoms with Crippen LogP contribution in [-0.2, 0) is 13.0 Å². The van der Waals surface area contributed by atoms with E-state index in [1.807, 2.05) is 0 Å². The lowest BCUT2D eigenvalue weighted by atomic mass is 9.91. The number of rotatable bonds is 3. The summed E-state index contributed by atoms with van der Waals surface area (Å²) in [6, 6.07) is 8.41. The highest BCUT2D eigenvalue weighted by Gasteiger charge is 2.27. The van der Waals surface area contributed by atoms with E-state index in [1.165, 1.54) is 54.9 Å². The number of hydrogen-bond acceptors (Lipinski definition) is 4. The molecule has 5 nitrogen and oxygen atoms in total. The second-order valence-corrected chi connectivity index (χ2v) is 8.84. The molecule has 5 rings (SSSR count). The Bertz CT molecular complexity index is 798. The van der Waals surface area contributed by atoms with Gasteiger partial charge in [0, 0.05) is 70.0 Å². The minimum absolute atomic E-state index is 0.652. The third kappa shape index (κ3) is 3.25. The lowest BCUT2D eigenvalue weighted by Crippen LogP contribution is -2.48. The first-order chi connectivity index (χ1) is 13.2. The average molecular weight is 368 g/mol. The van der Waals surface area contributed by atoms with Gasteiger partial charge in [0.15, 0.2) is 0 Å². The molecule has 2 fully saturated rings. The lowest BCUT2D eigenvalue weighted by molar-refractivity contribution is 0.130. The predicted octanol–water partition coefficient (Wildman–Crippen LogP) is 2.98. The van der Waals surface area contributed by atoms with Gasteiger partial charge >= 0.3 is 0 Å². The van der Waals surface area contributed by atoms with E-state index in [9.17, 15) is 0 Å². The highest BCUT2D eigenvalue weighted by atomic mass is 15.3. The largest absolute Gasteiger partial charge is 0.369 e. The monoisotopic (exact) mass is 367 g/mol. The highest BCUT2D eigenvalue weighted by molar-refractivity contribution is 5.80. The van der Waals surface area contributed by atoms with Gasteiger partial charge in [-0.25, -0.2) is 4.98 Å². The topological polar surface area (TPSA) is 27.5 Å². The molecule has 0 amide bonds. The molecule has 1 aromatic heterocycles. The Morgan fingerprint density at radius 3 is 2.48 bits per heavy atom. The second kappa shape index (κ2) is 7.10. The summed E-state index contributed by atoms with van der Waals surface area (Å²) in [6.07, 6.45) is 5.31. The molecule has 1 saturated carbocycles. The van der Waals surface area contributed by atoms with E-state index < -0.39 is 0 Å². The van der Waals surface area contributed by atoms with Crippen LogP contribution in [0.4, 0.5) is 5.69 Å². The van der Waals surface area contributed by atoms with Crippen LogP contribution in [0.2, 0.25) is 0 Å². The maximum atomic E-state index is 4.98. The second-order valence-electron chi connectivity index (χ2n) is 8.84. The van der Waals surface area contributed by atoms with Gasteiger partial charge in [0.2, 0.25) is 0 Å². The van der Waals surface area contributed by atoms with E-state index in [2.05, 4.69) is 51.3 Å². The third-order valence-corrected chi connectivity index (χ3v) is 7.05. The van der Waals surface area contributed by atoms with Gasteiger partial charge in [0.05, 0.1) is 11.0 Å². The van der Waals surface area contributed by atoms with E-state index >= 15 is 0 Å². The number of hydrogen-bond donors (Lipinski definition) is 0. The minimum atomic E-state index is 0.652. The Balaban J connectivity index is 1.36. The van der Waals surface area contributed by atoms with Gasteiger partial charge in [-0.2, -0.15) is 0 Å². The first-order valence-corrected chi connectivity index (χ1v) is 10.9. The molecule has 0 N–H and O–H groups in total. The van der Waals surface area contributed by atoms with E-state index in [4.69, 9.17) is 4.98 Å². The summed E-state index contributed by atoms with van der Waals surface area (Å²) in [5.41, 5.74) is 3.88. The van der Waals surface area contributed by atoms with Crippen LogP contribution in [0.5, 0.6) is 0 Å². The fraction of sp³-hybridized carbons (Fsp3) is 0.682. The molecule has 0 radical (unpaired) electrons. The minimum Gasteiger partial charge on any atom is -0.369 e. The number of piperazine rings is 1. The molecule has 2 aliphatic heterocycles. The quantitative estimate of drug-likeness (QED) is 0.834. The van der Waals surface area contributed by atoms with Gasteiger partial charge in [0.25, 0.3) is 0 Å². The smallest absolute Gasteiger partial charge is 0.111 e. The Morgan fingerprint density at radius 1 is 0.963 bits per heavy atom. The number of fused-ring (bicyclic) bond motifs is 3. The van der Waals surface area contributed by atoms with Crippen LogP contribution >= 0.6 is 0 Å². The first kappa shape index (κ1) is 17.5. The number of anilines is 1. The van der Waals surface area contributed by atoms with Crippen LogP contribution in [0.1, 0.15) is 38.9 Å². The van der Waals surface area contributed by atoms with Crippen LogP contribution in [0.3, 0.4) is 0 Å². The van der Waals surface area contributed by atoms with Gasteiger partial charge in [-0.15, -0.1) is 0 Å². The summed E-state index contributed by atoms with van der Waals surface area (Å²) in [4.78, 5) is 12.8. The summed E-state index contributed by atoms with van der Waals surface area (Å²) in [5.74, 6) is 1.29. The zero-order valence-electron chi connectivity index (χ0n) is 16.9. The van der Waals surface area contributed by atoms with Crippen LogP contribution in [-0.4, -0.2) is 70.7 Å². The van der Waals surface area contributed by atoms with Gasteiger partial charge < -0.3 is 9.47 Å². The van der Waals surface area contributed by atoms with Crippen LogP contribution in [0.25, 0.3) is 11.0 Å². The molecule has 146 valence electrons. The van der Waals surface area contributed by atoms with E-state index in [0.717, 1.165) is 45.2 Å². The maximum Gasteiger partial charge on any atom is 0.111 e. The summed E-state index contributed by atoms with van der Waals surface area (Å²) < 4.78 is 2.50. The molecule has 0 spiro atoms. The fourth-order valence-corrected chi connectivity index (χ4v) is 5.00. The zero-order valence-corrected chi connectivity index (χ0v) is 16.9. The van der Waals surface area contributed by atoms with Crippen molar-refractivity contribution in [1.29, 1.82) is 0 Å². The van der Waals surface area contributed by atoms with Gasteiger partial charge in [-0.05, 0) is 44.9 Å². The SMILES string of the molecule is CC(C)N1CCN(c2ccc3nc4n(c3c2)CCN(C2CCC2)CC4)CC1. The van der Waals surface area contributed by atoms with Gasteiger partial charge in [-0.1, -0.05) is 6.42 Å². The molecule has 1 saturated heterocycles. The highest BCUT2D eigenvalue weighted by Crippen LogP contribution is 2.29. The van der Waals surface area contributed by atoms with Crippen molar-refractivity contribution in [1.82, 2.24) is 19.4 Å². The van der Waals surface area contributed by atoms with Crippen molar-refractivity contribution in [3.63, 3.8) is 0 Å². The fourth-order valence-electron chi connectivity index (χ4n) is 5.00. The third-order valence-electron chi connectivity index (χ3n) is 7.05. The molecule has 3 aliphatic rings. The van der Waals surface area contributed by atoms with Crippen molar-refractivity contribution in [2.75, 3.05) is 44.2 Å². The zero-order chi connectivity index (χ0) is 18.4. The molecule has 5 heteroatoms. The number of imidazole rings is 1. The number of aromatic nitrogens is 2. The molecule has 1 aliphatic carbocycles. The molecule has 2 aromatic rings. The molecule has 1 aromatic carbocycles. The van der Waals surface area contributed by atoms with Crippen molar-refractivity contribution < 1.29 is 0 Å². The van der Waals surface area contributed by atoms with Crippen molar-refractivity contribution in [2.45, 2.75) is 58.2 Å². The lowest BCUT2D eigenvalue weighted by Gasteiger charge is -2.38. The summed E-state index contributed by atoms with van der Waals surface area (Å²) >= 11 is 0. The van der Waals surface area contributed by atoms with Crippen molar-refractivity contribution >= 4 is 16.7 Å². The summed E-state index contributed by atoms with van der Waals surface area (Å²) in [7, 11) is 0. The van der Waals surface area contributed by atoms with E-state index in [0.29, 0.717) is 6.04 Å². The number of nitrogens with zero attached hydrogens (tertiary/aromatic N) is 5.